The Bertz CT molecular complexity index is 229. The minimum Gasteiger partial charge on any atom is -0.287 e. The molecule has 0 saturated carbocycles. The van der Waals surface area contributed by atoms with Gasteiger partial charge >= 0.3 is 0 Å². The largest absolute Gasteiger partial charge is 0.287 e. The van der Waals surface area contributed by atoms with Crippen LogP contribution in [-0.4, -0.2) is 38.0 Å². The third-order valence-electron chi connectivity index (χ3n) is 2.39. The summed E-state index contributed by atoms with van der Waals surface area (Å²) in [5.41, 5.74) is 0. The number of nitrogens with zero attached hydrogens (tertiary/aromatic N) is 1. The molecule has 0 amide bonds. The summed E-state index contributed by atoms with van der Waals surface area (Å²) in [6.45, 7) is 3.83. The summed E-state index contributed by atoms with van der Waals surface area (Å²) in [7, 11) is -2.87. The number of hydrogen-bond donors (Lipinski definition) is 0. The Morgan fingerprint density at radius 3 is 2.17 bits per heavy atom. The second-order valence-electron chi connectivity index (χ2n) is 3.44. The summed E-state index contributed by atoms with van der Waals surface area (Å²) in [4.78, 5) is 2.08. The van der Waals surface area contributed by atoms with E-state index in [0.29, 0.717) is 6.42 Å². The van der Waals surface area contributed by atoms with E-state index in [1.165, 1.54) is 6.26 Å². The summed E-state index contributed by atoms with van der Waals surface area (Å²) in [5.74, 6) is 0. The minimum absolute atomic E-state index is 0.236. The summed E-state index contributed by atoms with van der Waals surface area (Å²) in [6, 6.07) is 0. The molecule has 1 saturated heterocycles. The fourth-order valence-electron chi connectivity index (χ4n) is 1.86. The molecule has 12 heavy (non-hydrogen) atoms. The van der Waals surface area contributed by atoms with Crippen molar-refractivity contribution in [1.82, 2.24) is 4.90 Å². The molecule has 0 bridgehead atoms. The first-order valence-corrected chi connectivity index (χ1v) is 6.44. The zero-order valence-corrected chi connectivity index (χ0v) is 8.60. The van der Waals surface area contributed by atoms with Crippen LogP contribution in [0.25, 0.3) is 0 Å². The van der Waals surface area contributed by atoms with Crippen molar-refractivity contribution in [1.29, 1.82) is 0 Å². The lowest BCUT2D eigenvalue weighted by molar-refractivity contribution is 0.299. The fraction of sp³-hybridized carbons (Fsp3) is 1.00. The Hall–Kier alpha value is -0.0900. The Labute approximate surface area is 74.7 Å². The first kappa shape index (κ1) is 9.99. The van der Waals surface area contributed by atoms with Gasteiger partial charge in [0.05, 0.1) is 0 Å². The van der Waals surface area contributed by atoms with E-state index >= 15 is 0 Å². The number of hydrogen-bond acceptors (Lipinski definition) is 3. The van der Waals surface area contributed by atoms with E-state index < -0.39 is 9.84 Å². The van der Waals surface area contributed by atoms with Crippen molar-refractivity contribution in [2.24, 2.45) is 0 Å². The average Bonchev–Trinajstić information content (AvgIpc) is 2.38. The van der Waals surface area contributed by atoms with E-state index in [9.17, 15) is 8.42 Å². The first-order chi connectivity index (χ1) is 5.55. The predicted molar refractivity (Wildman–Crippen MR) is 49.7 cm³/mol. The lowest BCUT2D eigenvalue weighted by Crippen LogP contribution is -2.38. The van der Waals surface area contributed by atoms with Gasteiger partial charge in [0, 0.05) is 6.26 Å². The Morgan fingerprint density at radius 2 is 1.83 bits per heavy atom. The molecule has 1 aliphatic heterocycles. The molecule has 1 unspecified atom stereocenters. The highest BCUT2D eigenvalue weighted by Gasteiger charge is 2.27. The molecule has 0 aromatic carbocycles. The molecule has 0 aliphatic carbocycles. The number of likely N-dealkylation sites (tertiary alicyclic amines) is 1. The summed E-state index contributed by atoms with van der Waals surface area (Å²) >= 11 is 0. The third kappa shape index (κ3) is 2.20. The van der Waals surface area contributed by atoms with E-state index in [0.717, 1.165) is 25.9 Å². The van der Waals surface area contributed by atoms with Gasteiger partial charge in [0.2, 0.25) is 0 Å². The molecule has 4 heteroatoms. The molecule has 0 N–H and O–H groups in total. The average molecular weight is 191 g/mol. The van der Waals surface area contributed by atoms with E-state index in [1.54, 1.807) is 0 Å². The molecular weight excluding hydrogens is 174 g/mol. The maximum Gasteiger partial charge on any atom is 0.163 e. The standard InChI is InChI=1S/C8H17NO2S/c1-3-8(12(2,10)11)9-6-4-5-7-9/h8H,3-7H2,1-2H3. The maximum absolute atomic E-state index is 11.3. The topological polar surface area (TPSA) is 37.4 Å². The van der Waals surface area contributed by atoms with E-state index in [2.05, 4.69) is 4.90 Å². The number of sulfone groups is 1. The van der Waals surface area contributed by atoms with E-state index in [4.69, 9.17) is 0 Å². The van der Waals surface area contributed by atoms with Crippen molar-refractivity contribution in [3.8, 4) is 0 Å². The first-order valence-electron chi connectivity index (χ1n) is 4.48. The van der Waals surface area contributed by atoms with Gasteiger partial charge in [-0.15, -0.1) is 0 Å². The highest BCUT2D eigenvalue weighted by Crippen LogP contribution is 2.17. The van der Waals surface area contributed by atoms with Crippen LogP contribution in [0.1, 0.15) is 26.2 Å². The van der Waals surface area contributed by atoms with Crippen LogP contribution in [-0.2, 0) is 9.84 Å². The van der Waals surface area contributed by atoms with Crippen molar-refractivity contribution < 1.29 is 8.42 Å². The van der Waals surface area contributed by atoms with E-state index in [1.807, 2.05) is 6.92 Å². The van der Waals surface area contributed by atoms with Crippen molar-refractivity contribution in [2.75, 3.05) is 19.3 Å². The SMILES string of the molecule is CCC(N1CCCC1)S(C)(=O)=O. The van der Waals surface area contributed by atoms with Crippen LogP contribution in [0.3, 0.4) is 0 Å². The van der Waals surface area contributed by atoms with Crippen LogP contribution >= 0.6 is 0 Å². The van der Waals surface area contributed by atoms with Gasteiger partial charge in [-0.2, -0.15) is 0 Å². The molecule has 1 heterocycles. The second-order valence-corrected chi connectivity index (χ2v) is 5.64. The normalized spacial score (nSPS) is 22.8. The Kier molecular flexibility index (Phi) is 3.12. The van der Waals surface area contributed by atoms with Gasteiger partial charge in [0.1, 0.15) is 5.37 Å². The van der Waals surface area contributed by atoms with Crippen molar-refractivity contribution in [2.45, 2.75) is 31.6 Å². The zero-order valence-electron chi connectivity index (χ0n) is 7.78. The quantitative estimate of drug-likeness (QED) is 0.664. The molecule has 3 nitrogen and oxygen atoms in total. The van der Waals surface area contributed by atoms with Crippen LogP contribution in [0.5, 0.6) is 0 Å². The highest BCUT2D eigenvalue weighted by atomic mass is 32.2. The molecule has 0 aromatic heterocycles. The highest BCUT2D eigenvalue weighted by molar-refractivity contribution is 7.91. The van der Waals surface area contributed by atoms with Crippen LogP contribution in [0.2, 0.25) is 0 Å². The molecule has 1 atom stereocenters. The molecule has 0 radical (unpaired) electrons. The molecule has 72 valence electrons. The van der Waals surface area contributed by atoms with Crippen LogP contribution < -0.4 is 0 Å². The van der Waals surface area contributed by atoms with Crippen LogP contribution in [0.15, 0.2) is 0 Å². The molecule has 1 aliphatic rings. The molecule has 1 rings (SSSR count). The smallest absolute Gasteiger partial charge is 0.163 e. The van der Waals surface area contributed by atoms with Crippen molar-refractivity contribution in [3.05, 3.63) is 0 Å². The van der Waals surface area contributed by atoms with Gasteiger partial charge < -0.3 is 0 Å². The second kappa shape index (κ2) is 3.75. The summed E-state index contributed by atoms with van der Waals surface area (Å²) in [5, 5.41) is -0.236. The van der Waals surface area contributed by atoms with Gasteiger partial charge in [-0.25, -0.2) is 8.42 Å². The zero-order chi connectivity index (χ0) is 9.19. The van der Waals surface area contributed by atoms with Gasteiger partial charge in [-0.05, 0) is 32.4 Å². The maximum atomic E-state index is 11.3. The van der Waals surface area contributed by atoms with Crippen LogP contribution in [0.4, 0.5) is 0 Å². The van der Waals surface area contributed by atoms with Crippen molar-refractivity contribution in [3.63, 3.8) is 0 Å². The lowest BCUT2D eigenvalue weighted by atomic mass is 10.4. The lowest BCUT2D eigenvalue weighted by Gasteiger charge is -2.24. The Balaban J connectivity index is 2.68. The third-order valence-corrected chi connectivity index (χ3v) is 4.01. The van der Waals surface area contributed by atoms with Gasteiger partial charge in [-0.3, -0.25) is 4.90 Å². The fourth-order valence-corrected chi connectivity index (χ4v) is 3.22. The predicted octanol–water partition coefficient (Wildman–Crippen LogP) is 0.863. The summed E-state index contributed by atoms with van der Waals surface area (Å²) in [6.07, 6.45) is 4.33. The molecular formula is C8H17NO2S. The molecule has 0 aromatic rings. The van der Waals surface area contributed by atoms with Crippen molar-refractivity contribution >= 4 is 9.84 Å². The van der Waals surface area contributed by atoms with Gasteiger partial charge in [0.15, 0.2) is 9.84 Å². The Morgan fingerprint density at radius 1 is 1.33 bits per heavy atom. The summed E-state index contributed by atoms with van der Waals surface area (Å²) < 4.78 is 22.6. The van der Waals surface area contributed by atoms with Gasteiger partial charge in [-0.1, -0.05) is 6.92 Å². The monoisotopic (exact) mass is 191 g/mol. The van der Waals surface area contributed by atoms with Gasteiger partial charge in [0.25, 0.3) is 0 Å². The van der Waals surface area contributed by atoms with Crippen LogP contribution in [0, 0.1) is 0 Å². The van der Waals surface area contributed by atoms with E-state index in [-0.39, 0.29) is 5.37 Å². The molecule has 0 spiro atoms. The molecule has 1 fully saturated rings. The minimum atomic E-state index is -2.87. The number of rotatable bonds is 3.